The Bertz CT molecular complexity index is 623. The van der Waals surface area contributed by atoms with Gasteiger partial charge in [-0.25, -0.2) is 18.2 Å². The second-order valence-corrected chi connectivity index (χ2v) is 8.35. The summed E-state index contributed by atoms with van der Waals surface area (Å²) in [4.78, 5) is 16.1. The molecule has 0 radical (unpaired) electrons. The lowest BCUT2D eigenvalue weighted by Gasteiger charge is -2.31. The number of urea groups is 1. The molecule has 1 aromatic rings. The maximum Gasteiger partial charge on any atom is 0.319 e. The number of rotatable bonds is 5. The number of carbonyl (C=O) groups is 1. The number of aromatic nitrogens is 1. The largest absolute Gasteiger partial charge is 0.480 e. The van der Waals surface area contributed by atoms with Crippen molar-refractivity contribution >= 4 is 21.6 Å². The Morgan fingerprint density at radius 2 is 2.05 bits per heavy atom. The first-order valence-corrected chi connectivity index (χ1v) is 8.83. The highest BCUT2D eigenvalue weighted by molar-refractivity contribution is 7.90. The number of nitrogens with zero attached hydrogens (tertiary/aromatic N) is 1. The normalized spacial score (nSPS) is 13.3. The smallest absolute Gasteiger partial charge is 0.319 e. The van der Waals surface area contributed by atoms with Crippen LogP contribution in [-0.4, -0.2) is 44.6 Å². The van der Waals surface area contributed by atoms with Crippen LogP contribution in [0.3, 0.4) is 0 Å². The summed E-state index contributed by atoms with van der Waals surface area (Å²) in [6.07, 6.45) is 2.69. The van der Waals surface area contributed by atoms with Crippen molar-refractivity contribution in [3.8, 4) is 5.88 Å². The first-order chi connectivity index (χ1) is 10.0. The number of hydrogen-bond acceptors (Lipinski definition) is 5. The van der Waals surface area contributed by atoms with Crippen LogP contribution < -0.4 is 15.4 Å². The van der Waals surface area contributed by atoms with Crippen molar-refractivity contribution in [3.63, 3.8) is 0 Å². The monoisotopic (exact) mass is 329 g/mol. The Labute approximate surface area is 131 Å². The molecule has 1 atom stereocenters. The SMILES string of the molecule is COc1ncccc1NC(=O)NC(CS(C)(=O)=O)C(C)(C)C. The minimum Gasteiger partial charge on any atom is -0.480 e. The molecule has 0 aliphatic carbocycles. The molecule has 0 spiro atoms. The summed E-state index contributed by atoms with van der Waals surface area (Å²) in [7, 11) is -1.77. The average molecular weight is 329 g/mol. The number of nitrogens with one attached hydrogen (secondary N) is 2. The number of carbonyl (C=O) groups excluding carboxylic acids is 1. The van der Waals surface area contributed by atoms with Gasteiger partial charge in [0, 0.05) is 18.5 Å². The van der Waals surface area contributed by atoms with Crippen LogP contribution in [-0.2, 0) is 9.84 Å². The number of anilines is 1. The van der Waals surface area contributed by atoms with Crippen LogP contribution in [0.5, 0.6) is 5.88 Å². The Hall–Kier alpha value is -1.83. The summed E-state index contributed by atoms with van der Waals surface area (Å²) in [5.41, 5.74) is 0.00826. The molecule has 2 amide bonds. The third-order valence-electron chi connectivity index (χ3n) is 3.03. The van der Waals surface area contributed by atoms with Gasteiger partial charge in [0.2, 0.25) is 5.88 Å². The van der Waals surface area contributed by atoms with Gasteiger partial charge in [-0.15, -0.1) is 0 Å². The van der Waals surface area contributed by atoms with Crippen LogP contribution in [0.15, 0.2) is 18.3 Å². The summed E-state index contributed by atoms with van der Waals surface area (Å²) in [6, 6.07) is 2.28. The molecule has 7 nitrogen and oxygen atoms in total. The summed E-state index contributed by atoms with van der Waals surface area (Å²) in [5.74, 6) is 0.154. The number of hydrogen-bond donors (Lipinski definition) is 2. The fourth-order valence-corrected chi connectivity index (χ4v) is 2.97. The van der Waals surface area contributed by atoms with Crippen molar-refractivity contribution in [2.75, 3.05) is 24.4 Å². The van der Waals surface area contributed by atoms with Crippen LogP contribution in [0, 0.1) is 5.41 Å². The van der Waals surface area contributed by atoms with E-state index in [1.54, 1.807) is 18.3 Å². The van der Waals surface area contributed by atoms with Gasteiger partial charge in [0.15, 0.2) is 0 Å². The highest BCUT2D eigenvalue weighted by Crippen LogP contribution is 2.22. The fraction of sp³-hybridized carbons (Fsp3) is 0.571. The van der Waals surface area contributed by atoms with Gasteiger partial charge in [-0.2, -0.15) is 0 Å². The molecule has 1 aromatic heterocycles. The van der Waals surface area contributed by atoms with Gasteiger partial charge < -0.3 is 15.4 Å². The minimum atomic E-state index is -3.22. The zero-order valence-corrected chi connectivity index (χ0v) is 14.3. The van der Waals surface area contributed by atoms with Crippen LogP contribution in [0.25, 0.3) is 0 Å². The molecule has 0 fully saturated rings. The van der Waals surface area contributed by atoms with Gasteiger partial charge in [0.05, 0.1) is 12.9 Å². The molecule has 0 saturated heterocycles. The van der Waals surface area contributed by atoms with Crippen molar-refractivity contribution in [3.05, 3.63) is 18.3 Å². The van der Waals surface area contributed by atoms with E-state index in [-0.39, 0.29) is 11.6 Å². The number of amides is 2. The van der Waals surface area contributed by atoms with Crippen molar-refractivity contribution in [2.24, 2.45) is 5.41 Å². The lowest BCUT2D eigenvalue weighted by atomic mass is 9.88. The van der Waals surface area contributed by atoms with Gasteiger partial charge >= 0.3 is 6.03 Å². The van der Waals surface area contributed by atoms with Crippen molar-refractivity contribution in [2.45, 2.75) is 26.8 Å². The van der Waals surface area contributed by atoms with Gasteiger partial charge in [-0.05, 0) is 17.5 Å². The molecule has 1 unspecified atom stereocenters. The number of ether oxygens (including phenoxy) is 1. The van der Waals surface area contributed by atoms with E-state index in [1.807, 2.05) is 20.8 Å². The third kappa shape index (κ3) is 5.88. The molecule has 1 rings (SSSR count). The molecule has 0 bridgehead atoms. The summed E-state index contributed by atoms with van der Waals surface area (Å²) in [6.45, 7) is 5.61. The molecule has 0 aliphatic rings. The highest BCUT2D eigenvalue weighted by Gasteiger charge is 2.29. The zero-order valence-electron chi connectivity index (χ0n) is 13.5. The maximum atomic E-state index is 12.1. The van der Waals surface area contributed by atoms with E-state index >= 15 is 0 Å². The van der Waals surface area contributed by atoms with Gasteiger partial charge in [-0.3, -0.25) is 0 Å². The van der Waals surface area contributed by atoms with Crippen LogP contribution in [0.1, 0.15) is 20.8 Å². The Kier molecular flexibility index (Phi) is 5.76. The Morgan fingerprint density at radius 1 is 1.41 bits per heavy atom. The van der Waals surface area contributed by atoms with E-state index in [0.717, 1.165) is 6.26 Å². The molecule has 0 aromatic carbocycles. The summed E-state index contributed by atoms with van der Waals surface area (Å²) >= 11 is 0. The van der Waals surface area contributed by atoms with Crippen molar-refractivity contribution < 1.29 is 17.9 Å². The van der Waals surface area contributed by atoms with E-state index in [1.165, 1.54) is 7.11 Å². The fourth-order valence-electron chi connectivity index (χ4n) is 1.78. The topological polar surface area (TPSA) is 97.4 Å². The van der Waals surface area contributed by atoms with E-state index in [2.05, 4.69) is 15.6 Å². The molecule has 124 valence electrons. The second-order valence-electron chi connectivity index (χ2n) is 6.17. The molecule has 0 saturated carbocycles. The minimum absolute atomic E-state index is 0.131. The number of pyridine rings is 1. The van der Waals surface area contributed by atoms with Crippen LogP contribution in [0.4, 0.5) is 10.5 Å². The standard InChI is InChI=1S/C14H23N3O4S/c1-14(2,3)11(9-22(5,19)20)17-13(18)16-10-7-6-8-15-12(10)21-4/h6-8,11H,9H2,1-5H3,(H2,16,17,18). The Morgan fingerprint density at radius 3 is 2.55 bits per heavy atom. The predicted octanol–water partition coefficient (Wildman–Crippen LogP) is 1.67. The predicted molar refractivity (Wildman–Crippen MR) is 85.9 cm³/mol. The molecule has 8 heteroatoms. The van der Waals surface area contributed by atoms with Gasteiger partial charge in [0.25, 0.3) is 0 Å². The first-order valence-electron chi connectivity index (χ1n) is 6.77. The Balaban J connectivity index is 2.84. The molecule has 1 heterocycles. The zero-order chi connectivity index (χ0) is 17.0. The molecule has 2 N–H and O–H groups in total. The van der Waals surface area contributed by atoms with E-state index < -0.39 is 27.3 Å². The lowest BCUT2D eigenvalue weighted by Crippen LogP contribution is -2.49. The molecular weight excluding hydrogens is 306 g/mol. The van der Waals surface area contributed by atoms with E-state index in [9.17, 15) is 13.2 Å². The second kappa shape index (κ2) is 6.95. The lowest BCUT2D eigenvalue weighted by molar-refractivity contribution is 0.233. The summed E-state index contributed by atoms with van der Waals surface area (Å²) < 4.78 is 28.1. The highest BCUT2D eigenvalue weighted by atomic mass is 32.2. The third-order valence-corrected chi connectivity index (χ3v) is 3.97. The number of methoxy groups -OCH3 is 1. The van der Waals surface area contributed by atoms with Crippen LogP contribution >= 0.6 is 0 Å². The molecule has 0 aliphatic heterocycles. The quantitative estimate of drug-likeness (QED) is 0.856. The van der Waals surface area contributed by atoms with Gasteiger partial charge in [-0.1, -0.05) is 20.8 Å². The molecular formula is C14H23N3O4S. The van der Waals surface area contributed by atoms with E-state index in [0.29, 0.717) is 5.69 Å². The maximum absolute atomic E-state index is 12.1. The average Bonchev–Trinajstić information content (AvgIpc) is 2.36. The summed E-state index contributed by atoms with van der Waals surface area (Å²) in [5, 5.41) is 5.32. The van der Waals surface area contributed by atoms with Crippen molar-refractivity contribution in [1.82, 2.24) is 10.3 Å². The van der Waals surface area contributed by atoms with Crippen LogP contribution in [0.2, 0.25) is 0 Å². The number of sulfone groups is 1. The molecule has 22 heavy (non-hydrogen) atoms. The first kappa shape index (κ1) is 18.2. The van der Waals surface area contributed by atoms with Crippen molar-refractivity contribution in [1.29, 1.82) is 0 Å². The van der Waals surface area contributed by atoms with Gasteiger partial charge in [0.1, 0.15) is 15.5 Å². The van der Waals surface area contributed by atoms with E-state index in [4.69, 9.17) is 4.74 Å².